The molecule has 6 heteroatoms. The highest BCUT2D eigenvalue weighted by molar-refractivity contribution is 8.14. The number of halogens is 1. The molecule has 1 aliphatic heterocycles. The van der Waals surface area contributed by atoms with Crippen molar-refractivity contribution in [3.8, 4) is 5.75 Å². The van der Waals surface area contributed by atoms with E-state index in [1.165, 1.54) is 11.8 Å². The minimum atomic E-state index is -0.0676. The summed E-state index contributed by atoms with van der Waals surface area (Å²) in [5.74, 6) is 0.680. The van der Waals surface area contributed by atoms with Crippen molar-refractivity contribution >= 4 is 45.2 Å². The van der Waals surface area contributed by atoms with Crippen LogP contribution in [0.5, 0.6) is 5.75 Å². The van der Waals surface area contributed by atoms with E-state index in [4.69, 9.17) is 16.3 Å². The van der Waals surface area contributed by atoms with Gasteiger partial charge in [0.15, 0.2) is 0 Å². The van der Waals surface area contributed by atoms with Crippen molar-refractivity contribution in [1.29, 1.82) is 0 Å². The number of anilines is 1. The monoisotopic (exact) mass is 370 g/mol. The van der Waals surface area contributed by atoms with Crippen molar-refractivity contribution in [2.45, 2.75) is 5.25 Å². The third-order valence-electron chi connectivity index (χ3n) is 4.24. The maximum atomic E-state index is 12.6. The van der Waals surface area contributed by atoms with E-state index >= 15 is 0 Å². The van der Waals surface area contributed by atoms with Gasteiger partial charge in [0.2, 0.25) is 0 Å². The van der Waals surface area contributed by atoms with E-state index in [9.17, 15) is 4.79 Å². The van der Waals surface area contributed by atoms with Gasteiger partial charge in [-0.3, -0.25) is 9.69 Å². The van der Waals surface area contributed by atoms with Gasteiger partial charge in [0, 0.05) is 17.5 Å². The summed E-state index contributed by atoms with van der Waals surface area (Å²) < 4.78 is 5.39. The number of fused-ring (bicyclic) bond motifs is 1. The quantitative estimate of drug-likeness (QED) is 0.586. The highest BCUT2D eigenvalue weighted by Crippen LogP contribution is 2.44. The van der Waals surface area contributed by atoms with Gasteiger partial charge in [0.1, 0.15) is 10.9 Å². The van der Waals surface area contributed by atoms with Crippen LogP contribution in [-0.4, -0.2) is 23.9 Å². The molecule has 2 heterocycles. The maximum Gasteiger partial charge on any atom is 0.286 e. The average Bonchev–Trinajstić information content (AvgIpc) is 3.02. The summed E-state index contributed by atoms with van der Waals surface area (Å²) in [6.07, 6.45) is 0. The molecule has 2 aromatic carbocycles. The fraction of sp³-hybridized carbons (Fsp3) is 0.158. The first kappa shape index (κ1) is 16.2. The third-order valence-corrected chi connectivity index (χ3v) is 5.65. The van der Waals surface area contributed by atoms with E-state index in [0.717, 1.165) is 22.2 Å². The van der Waals surface area contributed by atoms with Crippen LogP contribution < -0.4 is 9.64 Å². The van der Waals surface area contributed by atoms with Crippen LogP contribution in [0.2, 0.25) is 5.15 Å². The number of carbonyl (C=O) groups excluding carboxylic acids is 1. The molecule has 3 aromatic rings. The number of pyridine rings is 1. The number of nitrogens with zero attached hydrogens (tertiary/aromatic N) is 2. The Kier molecular flexibility index (Phi) is 4.27. The van der Waals surface area contributed by atoms with Crippen LogP contribution in [0.15, 0.2) is 54.6 Å². The second-order valence-electron chi connectivity index (χ2n) is 5.72. The topological polar surface area (TPSA) is 42.4 Å². The summed E-state index contributed by atoms with van der Waals surface area (Å²) in [6, 6.07) is 17.4. The fourth-order valence-electron chi connectivity index (χ4n) is 3.01. The molecule has 0 radical (unpaired) electrons. The lowest BCUT2D eigenvalue weighted by Gasteiger charge is -2.18. The van der Waals surface area contributed by atoms with Crippen LogP contribution in [0.3, 0.4) is 0 Å². The molecule has 0 N–H and O–H groups in total. The number of amides is 1. The van der Waals surface area contributed by atoms with Gasteiger partial charge in [-0.05, 0) is 24.3 Å². The van der Waals surface area contributed by atoms with E-state index in [1.54, 1.807) is 12.0 Å². The maximum absolute atomic E-state index is 12.6. The van der Waals surface area contributed by atoms with Crippen LogP contribution >= 0.6 is 23.4 Å². The number of hydrogen-bond donors (Lipinski definition) is 0. The molecule has 1 fully saturated rings. The minimum absolute atomic E-state index is 0.0151. The molecule has 1 aromatic heterocycles. The van der Waals surface area contributed by atoms with Crippen LogP contribution in [-0.2, 0) is 0 Å². The molecule has 1 unspecified atom stereocenters. The van der Waals surface area contributed by atoms with Crippen molar-refractivity contribution in [2.75, 3.05) is 18.6 Å². The van der Waals surface area contributed by atoms with Crippen molar-refractivity contribution in [1.82, 2.24) is 4.98 Å². The molecule has 0 spiro atoms. The minimum Gasteiger partial charge on any atom is -0.495 e. The Bertz CT molecular complexity index is 963. The van der Waals surface area contributed by atoms with E-state index in [-0.39, 0.29) is 10.5 Å². The lowest BCUT2D eigenvalue weighted by Crippen LogP contribution is -2.23. The second-order valence-corrected chi connectivity index (χ2v) is 7.23. The number of methoxy groups -OCH3 is 1. The van der Waals surface area contributed by atoms with E-state index in [0.29, 0.717) is 17.4 Å². The summed E-state index contributed by atoms with van der Waals surface area (Å²) in [7, 11) is 1.61. The number of thioether (sulfide) groups is 1. The number of carbonyl (C=O) groups is 1. The highest BCUT2D eigenvalue weighted by atomic mass is 35.5. The number of rotatable bonds is 3. The third kappa shape index (κ3) is 2.94. The largest absolute Gasteiger partial charge is 0.495 e. The number of ether oxygens (including phenoxy) is 1. The SMILES string of the molecule is COc1ccccc1N1CC(c2cc3ccccc3nc2Cl)SC1=O. The molecule has 1 aliphatic rings. The van der Waals surface area contributed by atoms with Crippen LogP contribution in [0, 0.1) is 0 Å². The fourth-order valence-corrected chi connectivity index (χ4v) is 4.42. The number of hydrogen-bond acceptors (Lipinski definition) is 4. The number of aromatic nitrogens is 1. The molecule has 0 aliphatic carbocycles. The van der Waals surface area contributed by atoms with Gasteiger partial charge < -0.3 is 4.74 Å². The summed E-state index contributed by atoms with van der Waals surface area (Å²) in [4.78, 5) is 18.8. The van der Waals surface area contributed by atoms with Gasteiger partial charge >= 0.3 is 0 Å². The zero-order valence-corrected chi connectivity index (χ0v) is 15.1. The zero-order valence-electron chi connectivity index (χ0n) is 13.5. The Labute approximate surface area is 154 Å². The lowest BCUT2D eigenvalue weighted by atomic mass is 10.1. The predicted molar refractivity (Wildman–Crippen MR) is 103 cm³/mol. The summed E-state index contributed by atoms with van der Waals surface area (Å²) in [6.45, 7) is 0.531. The van der Waals surface area contributed by atoms with Gasteiger partial charge in [0.25, 0.3) is 5.24 Å². The van der Waals surface area contributed by atoms with Gasteiger partial charge in [-0.2, -0.15) is 0 Å². The molecular formula is C19H15ClN2O2S. The van der Waals surface area contributed by atoms with E-state index < -0.39 is 0 Å². The summed E-state index contributed by atoms with van der Waals surface area (Å²) in [5.41, 5.74) is 2.51. The molecule has 1 atom stereocenters. The van der Waals surface area contributed by atoms with Gasteiger partial charge in [-0.1, -0.05) is 53.7 Å². The number of para-hydroxylation sites is 3. The van der Waals surface area contributed by atoms with Crippen molar-refractivity contribution < 1.29 is 9.53 Å². The van der Waals surface area contributed by atoms with Gasteiger partial charge in [-0.25, -0.2) is 4.98 Å². The van der Waals surface area contributed by atoms with Crippen LogP contribution in [0.25, 0.3) is 10.9 Å². The van der Waals surface area contributed by atoms with Crippen LogP contribution in [0.1, 0.15) is 10.8 Å². The second kappa shape index (κ2) is 6.58. The number of benzene rings is 2. The highest BCUT2D eigenvalue weighted by Gasteiger charge is 2.35. The van der Waals surface area contributed by atoms with Gasteiger partial charge in [0.05, 0.1) is 23.6 Å². The first-order chi connectivity index (χ1) is 12.2. The molecule has 1 saturated heterocycles. The Morgan fingerprint density at radius 1 is 1.20 bits per heavy atom. The summed E-state index contributed by atoms with van der Waals surface area (Å²) >= 11 is 7.67. The molecule has 0 bridgehead atoms. The van der Waals surface area contributed by atoms with E-state index in [2.05, 4.69) is 4.98 Å². The first-order valence-electron chi connectivity index (χ1n) is 7.83. The Balaban J connectivity index is 1.70. The Morgan fingerprint density at radius 2 is 1.96 bits per heavy atom. The van der Waals surface area contributed by atoms with Gasteiger partial charge in [-0.15, -0.1) is 0 Å². The van der Waals surface area contributed by atoms with Crippen molar-refractivity contribution in [2.24, 2.45) is 0 Å². The smallest absolute Gasteiger partial charge is 0.286 e. The van der Waals surface area contributed by atoms with Crippen molar-refractivity contribution in [3.05, 3.63) is 65.3 Å². The van der Waals surface area contributed by atoms with E-state index in [1.807, 2.05) is 54.6 Å². The zero-order chi connectivity index (χ0) is 17.4. The average molecular weight is 371 g/mol. The molecule has 126 valence electrons. The first-order valence-corrected chi connectivity index (χ1v) is 9.09. The Hall–Kier alpha value is -2.24. The Morgan fingerprint density at radius 3 is 2.80 bits per heavy atom. The molecule has 4 rings (SSSR count). The molecule has 1 amide bonds. The van der Waals surface area contributed by atoms with Crippen LogP contribution in [0.4, 0.5) is 10.5 Å². The lowest BCUT2D eigenvalue weighted by molar-refractivity contribution is 0.266. The standard InChI is InChI=1S/C19H15ClN2O2S/c1-24-16-9-5-4-8-15(16)22-11-17(25-19(22)23)13-10-12-6-2-3-7-14(12)21-18(13)20/h2-10,17H,11H2,1H3. The van der Waals surface area contributed by atoms with Crippen molar-refractivity contribution in [3.63, 3.8) is 0 Å². The molecule has 0 saturated carbocycles. The molecule has 4 nitrogen and oxygen atoms in total. The predicted octanol–water partition coefficient (Wildman–Crippen LogP) is 5.31. The molecule has 25 heavy (non-hydrogen) atoms. The summed E-state index contributed by atoms with van der Waals surface area (Å²) in [5, 5.41) is 1.39. The molecular weight excluding hydrogens is 356 g/mol. The normalized spacial score (nSPS) is 17.3.